The van der Waals surface area contributed by atoms with Crippen LogP contribution in [-0.4, -0.2) is 50.5 Å². The monoisotopic (exact) mass is 573 g/mol. The fourth-order valence-corrected chi connectivity index (χ4v) is 5.04. The van der Waals surface area contributed by atoms with Crippen LogP contribution in [-0.2, 0) is 32.6 Å². The van der Waals surface area contributed by atoms with Gasteiger partial charge in [-0.3, -0.25) is 13.9 Å². The minimum atomic E-state index is -3.91. The van der Waals surface area contributed by atoms with Gasteiger partial charge in [-0.2, -0.15) is 0 Å². The Morgan fingerprint density at radius 3 is 2.18 bits per heavy atom. The standard InChI is InChI=1S/C29H33ClFN3O4S/c1-3-4-18-32-29(36)27(19-22-8-6-5-7-9-22)33(20-23-10-12-24(30)13-11-23)28(35)21-34(39(2,37)38)26-16-14-25(31)15-17-26/h5-17,27H,3-4,18-21H2,1-2H3,(H,32,36)/t27-/m1/s1. The molecule has 3 aromatic rings. The third-order valence-corrected chi connectivity index (χ3v) is 7.55. The van der Waals surface area contributed by atoms with Crippen LogP contribution in [0.2, 0.25) is 5.02 Å². The average Bonchev–Trinajstić information content (AvgIpc) is 2.91. The molecule has 0 heterocycles. The Balaban J connectivity index is 2.01. The van der Waals surface area contributed by atoms with E-state index in [0.29, 0.717) is 11.6 Å². The van der Waals surface area contributed by atoms with Crippen LogP contribution < -0.4 is 9.62 Å². The van der Waals surface area contributed by atoms with Crippen LogP contribution in [0.1, 0.15) is 30.9 Å². The first-order valence-corrected chi connectivity index (χ1v) is 14.9. The summed E-state index contributed by atoms with van der Waals surface area (Å²) in [6, 6.07) is 20.1. The average molecular weight is 574 g/mol. The SMILES string of the molecule is CCCCNC(=O)[C@@H](Cc1ccccc1)N(Cc1ccc(Cl)cc1)C(=O)CN(c1ccc(F)cc1)S(C)(=O)=O. The zero-order valence-corrected chi connectivity index (χ0v) is 23.6. The van der Waals surface area contributed by atoms with Crippen molar-refractivity contribution in [3.05, 3.63) is 101 Å². The highest BCUT2D eigenvalue weighted by molar-refractivity contribution is 7.92. The Bertz CT molecular complexity index is 1340. The second kappa shape index (κ2) is 14.1. The zero-order valence-electron chi connectivity index (χ0n) is 22.0. The number of hydrogen-bond acceptors (Lipinski definition) is 4. The lowest BCUT2D eigenvalue weighted by Crippen LogP contribution is -2.53. The summed E-state index contributed by atoms with van der Waals surface area (Å²) < 4.78 is 39.9. The molecule has 2 amide bonds. The summed E-state index contributed by atoms with van der Waals surface area (Å²) in [5, 5.41) is 3.45. The van der Waals surface area contributed by atoms with E-state index in [2.05, 4.69) is 5.32 Å². The highest BCUT2D eigenvalue weighted by Crippen LogP contribution is 2.21. The molecule has 39 heavy (non-hydrogen) atoms. The predicted octanol–water partition coefficient (Wildman–Crippen LogP) is 4.80. The van der Waals surface area contributed by atoms with E-state index in [-0.39, 0.29) is 24.6 Å². The summed E-state index contributed by atoms with van der Waals surface area (Å²) >= 11 is 6.06. The first-order chi connectivity index (χ1) is 18.6. The van der Waals surface area contributed by atoms with Gasteiger partial charge in [0, 0.05) is 24.5 Å². The number of carbonyl (C=O) groups is 2. The number of benzene rings is 3. The van der Waals surface area contributed by atoms with Crippen molar-refractivity contribution in [1.29, 1.82) is 0 Å². The van der Waals surface area contributed by atoms with Crippen molar-refractivity contribution in [2.45, 2.75) is 38.8 Å². The van der Waals surface area contributed by atoms with E-state index in [4.69, 9.17) is 11.6 Å². The van der Waals surface area contributed by atoms with Crippen molar-refractivity contribution < 1.29 is 22.4 Å². The Labute approximate surface area is 234 Å². The Morgan fingerprint density at radius 2 is 1.59 bits per heavy atom. The van der Waals surface area contributed by atoms with E-state index in [1.54, 1.807) is 24.3 Å². The van der Waals surface area contributed by atoms with Gasteiger partial charge in [0.1, 0.15) is 18.4 Å². The maximum atomic E-state index is 13.9. The van der Waals surface area contributed by atoms with Crippen LogP contribution in [0.5, 0.6) is 0 Å². The van der Waals surface area contributed by atoms with Crippen molar-refractivity contribution in [3.63, 3.8) is 0 Å². The molecular formula is C29H33ClFN3O4S. The molecule has 0 bridgehead atoms. The fraction of sp³-hybridized carbons (Fsp3) is 0.310. The molecule has 3 rings (SSSR count). The van der Waals surface area contributed by atoms with E-state index >= 15 is 0 Å². The summed E-state index contributed by atoms with van der Waals surface area (Å²) in [5.41, 5.74) is 1.71. The van der Waals surface area contributed by atoms with Crippen molar-refractivity contribution in [3.8, 4) is 0 Å². The molecule has 1 N–H and O–H groups in total. The molecule has 208 valence electrons. The highest BCUT2D eigenvalue weighted by Gasteiger charge is 2.33. The van der Waals surface area contributed by atoms with Gasteiger partial charge < -0.3 is 10.2 Å². The molecule has 0 spiro atoms. The summed E-state index contributed by atoms with van der Waals surface area (Å²) in [5.74, 6) is -1.44. The van der Waals surface area contributed by atoms with Crippen molar-refractivity contribution in [2.24, 2.45) is 0 Å². The molecule has 0 aromatic heterocycles. The largest absolute Gasteiger partial charge is 0.354 e. The molecule has 0 fully saturated rings. The minimum absolute atomic E-state index is 0.0513. The number of unbranched alkanes of at least 4 members (excludes halogenated alkanes) is 1. The molecule has 3 aromatic carbocycles. The molecule has 7 nitrogen and oxygen atoms in total. The van der Waals surface area contributed by atoms with Gasteiger partial charge >= 0.3 is 0 Å². The first-order valence-electron chi connectivity index (χ1n) is 12.7. The third kappa shape index (κ3) is 9.07. The van der Waals surface area contributed by atoms with E-state index in [9.17, 15) is 22.4 Å². The van der Waals surface area contributed by atoms with Gasteiger partial charge in [0.05, 0.1) is 11.9 Å². The normalized spacial score (nSPS) is 12.0. The highest BCUT2D eigenvalue weighted by atomic mass is 35.5. The second-order valence-corrected chi connectivity index (χ2v) is 11.6. The van der Waals surface area contributed by atoms with Crippen LogP contribution in [0, 0.1) is 5.82 Å². The molecule has 0 aliphatic rings. The molecule has 0 unspecified atom stereocenters. The summed E-state index contributed by atoms with van der Waals surface area (Å²) in [6.07, 6.45) is 2.87. The molecule has 0 aliphatic carbocycles. The maximum Gasteiger partial charge on any atom is 0.244 e. The topological polar surface area (TPSA) is 86.8 Å². The lowest BCUT2D eigenvalue weighted by molar-refractivity contribution is -0.140. The number of amides is 2. The third-order valence-electron chi connectivity index (χ3n) is 6.16. The molecule has 10 heteroatoms. The van der Waals surface area contributed by atoms with Crippen LogP contribution in [0.25, 0.3) is 0 Å². The smallest absolute Gasteiger partial charge is 0.244 e. The van der Waals surface area contributed by atoms with Crippen LogP contribution in [0.15, 0.2) is 78.9 Å². The van der Waals surface area contributed by atoms with Crippen molar-refractivity contribution in [1.82, 2.24) is 10.2 Å². The Kier molecular flexibility index (Phi) is 10.9. The van der Waals surface area contributed by atoms with Crippen LogP contribution >= 0.6 is 11.6 Å². The van der Waals surface area contributed by atoms with Crippen LogP contribution in [0.4, 0.5) is 10.1 Å². The van der Waals surface area contributed by atoms with Gasteiger partial charge in [-0.1, -0.05) is 67.4 Å². The number of carbonyl (C=O) groups excluding carboxylic acids is 2. The van der Waals surface area contributed by atoms with E-state index in [1.807, 2.05) is 37.3 Å². The molecule has 0 saturated carbocycles. The van der Waals surface area contributed by atoms with Gasteiger partial charge in [-0.25, -0.2) is 12.8 Å². The minimum Gasteiger partial charge on any atom is -0.354 e. The molecular weight excluding hydrogens is 541 g/mol. The van der Waals surface area contributed by atoms with Crippen molar-refractivity contribution in [2.75, 3.05) is 23.7 Å². The number of rotatable bonds is 13. The number of sulfonamides is 1. The molecule has 0 saturated heterocycles. The Hall–Kier alpha value is -3.43. The van der Waals surface area contributed by atoms with E-state index in [0.717, 1.165) is 46.7 Å². The first kappa shape index (κ1) is 30.1. The fourth-order valence-electron chi connectivity index (χ4n) is 4.07. The summed E-state index contributed by atoms with van der Waals surface area (Å²) in [4.78, 5) is 28.8. The molecule has 1 atom stereocenters. The van der Waals surface area contributed by atoms with E-state index < -0.39 is 34.3 Å². The van der Waals surface area contributed by atoms with Gasteiger partial charge in [0.25, 0.3) is 0 Å². The van der Waals surface area contributed by atoms with Crippen molar-refractivity contribution >= 4 is 39.1 Å². The molecule has 0 radical (unpaired) electrons. The van der Waals surface area contributed by atoms with Crippen LogP contribution in [0.3, 0.4) is 0 Å². The lowest BCUT2D eigenvalue weighted by atomic mass is 10.0. The number of hydrogen-bond donors (Lipinski definition) is 1. The zero-order chi connectivity index (χ0) is 28.4. The number of anilines is 1. The van der Waals surface area contributed by atoms with Gasteiger partial charge in [-0.05, 0) is 53.9 Å². The summed E-state index contributed by atoms with van der Waals surface area (Å²) in [6.45, 7) is 1.95. The number of halogens is 2. The van der Waals surface area contributed by atoms with Gasteiger partial charge in [-0.15, -0.1) is 0 Å². The van der Waals surface area contributed by atoms with Gasteiger partial charge in [0.15, 0.2) is 0 Å². The van der Waals surface area contributed by atoms with E-state index in [1.165, 1.54) is 17.0 Å². The lowest BCUT2D eigenvalue weighted by Gasteiger charge is -2.33. The summed E-state index contributed by atoms with van der Waals surface area (Å²) in [7, 11) is -3.91. The maximum absolute atomic E-state index is 13.9. The Morgan fingerprint density at radius 1 is 0.949 bits per heavy atom. The number of nitrogens with zero attached hydrogens (tertiary/aromatic N) is 2. The molecule has 0 aliphatic heterocycles. The predicted molar refractivity (Wildman–Crippen MR) is 152 cm³/mol. The number of nitrogens with one attached hydrogen (secondary N) is 1. The quantitative estimate of drug-likeness (QED) is 0.298. The van der Waals surface area contributed by atoms with Gasteiger partial charge in [0.2, 0.25) is 21.8 Å². The second-order valence-electron chi connectivity index (χ2n) is 9.24.